The highest BCUT2D eigenvalue weighted by Crippen LogP contribution is 2.43. The Balaban J connectivity index is 2.13. The fraction of sp³-hybridized carbons (Fsp3) is 0.737. The molecule has 0 saturated heterocycles. The van der Waals surface area contributed by atoms with Crippen LogP contribution in [0.15, 0.2) is 6.33 Å². The van der Waals surface area contributed by atoms with E-state index in [0.717, 1.165) is 0 Å². The van der Waals surface area contributed by atoms with Gasteiger partial charge in [0.15, 0.2) is 17.1 Å². The molecule has 2 rings (SSSR count). The zero-order valence-electron chi connectivity index (χ0n) is 17.2. The van der Waals surface area contributed by atoms with Gasteiger partial charge in [0, 0.05) is 27.2 Å². The van der Waals surface area contributed by atoms with Crippen LogP contribution in [0.4, 0.5) is 19.0 Å². The van der Waals surface area contributed by atoms with E-state index in [-0.39, 0.29) is 61.5 Å². The van der Waals surface area contributed by atoms with Crippen molar-refractivity contribution in [1.82, 2.24) is 14.5 Å². The topological polar surface area (TPSA) is 78.7 Å². The molecule has 0 unspecified atom stereocenters. The number of halogens is 3. The lowest BCUT2D eigenvalue weighted by molar-refractivity contribution is -0.272. The summed E-state index contributed by atoms with van der Waals surface area (Å²) in [4.78, 5) is 31.1. The van der Waals surface area contributed by atoms with Crippen LogP contribution in [0.1, 0.15) is 50.0 Å². The van der Waals surface area contributed by atoms with Gasteiger partial charge in [0.1, 0.15) is 0 Å². The Labute approximate surface area is 168 Å². The molecule has 1 fully saturated rings. The second-order valence-corrected chi connectivity index (χ2v) is 8.34. The summed E-state index contributed by atoms with van der Waals surface area (Å²) >= 11 is 0. The van der Waals surface area contributed by atoms with E-state index in [9.17, 15) is 27.9 Å². The highest BCUT2D eigenvalue weighted by molar-refractivity contribution is 5.99. The zero-order valence-corrected chi connectivity index (χ0v) is 17.2. The second kappa shape index (κ2) is 8.73. The fourth-order valence-electron chi connectivity index (χ4n) is 3.70. The van der Waals surface area contributed by atoms with Gasteiger partial charge in [-0.2, -0.15) is 13.2 Å². The summed E-state index contributed by atoms with van der Waals surface area (Å²) in [6.45, 7) is 4.79. The number of carbonyl (C=O) groups excluding carboxylic acids is 2. The van der Waals surface area contributed by atoms with Gasteiger partial charge in [-0.3, -0.25) is 9.59 Å². The SMILES string of the molecule is CC(C)Cn1cnc(N(C)C=O)c1C(=O)N(C)CC1CCC(O)(C(F)(F)F)CC1. The van der Waals surface area contributed by atoms with Crippen molar-refractivity contribution in [2.24, 2.45) is 11.8 Å². The molecule has 2 amide bonds. The van der Waals surface area contributed by atoms with Crippen LogP contribution in [0.3, 0.4) is 0 Å². The third-order valence-corrected chi connectivity index (χ3v) is 5.41. The van der Waals surface area contributed by atoms with E-state index < -0.39 is 11.8 Å². The molecular weight excluding hydrogens is 389 g/mol. The molecule has 1 heterocycles. The maximum Gasteiger partial charge on any atom is 0.417 e. The van der Waals surface area contributed by atoms with E-state index >= 15 is 0 Å². The Hall–Kier alpha value is -2.10. The van der Waals surface area contributed by atoms with Gasteiger partial charge in [-0.25, -0.2) is 4.98 Å². The first kappa shape index (κ1) is 23.2. The summed E-state index contributed by atoms with van der Waals surface area (Å²) in [5.41, 5.74) is -2.36. The number of hydrogen-bond acceptors (Lipinski definition) is 4. The number of alkyl halides is 3. The number of imidazole rings is 1. The lowest BCUT2D eigenvalue weighted by Gasteiger charge is -2.38. The summed E-state index contributed by atoms with van der Waals surface area (Å²) in [7, 11) is 3.09. The highest BCUT2D eigenvalue weighted by atomic mass is 19.4. The van der Waals surface area contributed by atoms with Crippen molar-refractivity contribution in [1.29, 1.82) is 0 Å². The van der Waals surface area contributed by atoms with E-state index in [4.69, 9.17) is 0 Å². The Morgan fingerprint density at radius 1 is 1.38 bits per heavy atom. The molecule has 0 aromatic carbocycles. The summed E-state index contributed by atoms with van der Waals surface area (Å²) in [6.07, 6.45) is -2.93. The van der Waals surface area contributed by atoms with Gasteiger partial charge < -0.3 is 19.5 Å². The molecule has 1 aromatic rings. The minimum Gasteiger partial charge on any atom is -0.380 e. The number of rotatable bonds is 7. The van der Waals surface area contributed by atoms with Crippen molar-refractivity contribution in [3.05, 3.63) is 12.0 Å². The predicted molar refractivity (Wildman–Crippen MR) is 101 cm³/mol. The Kier molecular flexibility index (Phi) is 6.97. The summed E-state index contributed by atoms with van der Waals surface area (Å²) in [6, 6.07) is 0. The first-order valence-electron chi connectivity index (χ1n) is 9.67. The monoisotopic (exact) mass is 418 g/mol. The molecule has 1 saturated carbocycles. The van der Waals surface area contributed by atoms with E-state index in [1.54, 1.807) is 11.6 Å². The van der Waals surface area contributed by atoms with Crippen molar-refractivity contribution >= 4 is 18.1 Å². The molecule has 164 valence electrons. The van der Waals surface area contributed by atoms with E-state index in [0.29, 0.717) is 13.0 Å². The number of carbonyl (C=O) groups is 2. The lowest BCUT2D eigenvalue weighted by atomic mass is 9.78. The molecule has 29 heavy (non-hydrogen) atoms. The predicted octanol–water partition coefficient (Wildman–Crippen LogP) is 2.69. The van der Waals surface area contributed by atoms with Gasteiger partial charge in [-0.1, -0.05) is 13.8 Å². The first-order valence-corrected chi connectivity index (χ1v) is 9.67. The second-order valence-electron chi connectivity index (χ2n) is 8.34. The summed E-state index contributed by atoms with van der Waals surface area (Å²) < 4.78 is 40.6. The van der Waals surface area contributed by atoms with Gasteiger partial charge >= 0.3 is 6.18 Å². The van der Waals surface area contributed by atoms with Gasteiger partial charge in [0.2, 0.25) is 6.41 Å². The van der Waals surface area contributed by atoms with Crippen LogP contribution in [0.25, 0.3) is 0 Å². The minimum absolute atomic E-state index is 0.139. The van der Waals surface area contributed by atoms with Gasteiger partial charge in [0.25, 0.3) is 5.91 Å². The van der Waals surface area contributed by atoms with Crippen LogP contribution in [0.2, 0.25) is 0 Å². The van der Waals surface area contributed by atoms with Crippen LogP contribution in [-0.2, 0) is 11.3 Å². The van der Waals surface area contributed by atoms with Crippen molar-refractivity contribution < 1.29 is 27.9 Å². The zero-order chi connectivity index (χ0) is 22.0. The molecule has 1 aromatic heterocycles. The van der Waals surface area contributed by atoms with Crippen molar-refractivity contribution in [2.75, 3.05) is 25.5 Å². The smallest absolute Gasteiger partial charge is 0.380 e. The fourth-order valence-corrected chi connectivity index (χ4v) is 3.70. The van der Waals surface area contributed by atoms with Crippen molar-refractivity contribution in [3.63, 3.8) is 0 Å². The van der Waals surface area contributed by atoms with Crippen LogP contribution in [0, 0.1) is 11.8 Å². The van der Waals surface area contributed by atoms with Crippen molar-refractivity contribution in [2.45, 2.75) is 57.9 Å². The Bertz CT molecular complexity index is 725. The third kappa shape index (κ3) is 5.09. The van der Waals surface area contributed by atoms with E-state index in [1.807, 2.05) is 13.8 Å². The Morgan fingerprint density at radius 2 is 1.97 bits per heavy atom. The standard InChI is InChI=1S/C19H29F3N4O3/c1-13(2)9-26-11-23-16(25(4)12-27)15(26)17(28)24(3)10-14-5-7-18(29,8-6-14)19(20,21)22/h11-14,29H,5-10H2,1-4H3. The van der Waals surface area contributed by atoms with E-state index in [2.05, 4.69) is 4.98 Å². The largest absolute Gasteiger partial charge is 0.417 e. The molecular formula is C19H29F3N4O3. The molecule has 0 radical (unpaired) electrons. The number of anilines is 1. The maximum atomic E-state index is 13.1. The van der Waals surface area contributed by atoms with E-state index in [1.165, 1.54) is 23.2 Å². The van der Waals surface area contributed by atoms with Gasteiger partial charge in [-0.05, 0) is 37.5 Å². The molecule has 1 aliphatic carbocycles. The molecule has 10 heteroatoms. The molecule has 0 aliphatic heterocycles. The first-order chi connectivity index (χ1) is 13.4. The number of nitrogens with zero attached hydrogens (tertiary/aromatic N) is 4. The average Bonchev–Trinajstić information content (AvgIpc) is 3.04. The highest BCUT2D eigenvalue weighted by Gasteiger charge is 2.54. The molecule has 0 bridgehead atoms. The van der Waals surface area contributed by atoms with Crippen LogP contribution >= 0.6 is 0 Å². The van der Waals surface area contributed by atoms with Crippen LogP contribution in [0.5, 0.6) is 0 Å². The van der Waals surface area contributed by atoms with Gasteiger partial charge in [0.05, 0.1) is 6.33 Å². The number of amides is 2. The maximum absolute atomic E-state index is 13.1. The minimum atomic E-state index is -4.64. The average molecular weight is 418 g/mol. The molecule has 0 spiro atoms. The lowest BCUT2D eigenvalue weighted by Crippen LogP contribution is -2.48. The molecule has 0 atom stereocenters. The third-order valence-electron chi connectivity index (χ3n) is 5.41. The quantitative estimate of drug-likeness (QED) is 0.691. The Morgan fingerprint density at radius 3 is 2.45 bits per heavy atom. The molecule has 1 aliphatic rings. The van der Waals surface area contributed by atoms with Gasteiger partial charge in [-0.15, -0.1) is 0 Å². The summed E-state index contributed by atoms with van der Waals surface area (Å²) in [5, 5.41) is 9.81. The molecule has 1 N–H and O–H groups in total. The summed E-state index contributed by atoms with van der Waals surface area (Å²) in [5.74, 6) is 0.00484. The van der Waals surface area contributed by atoms with Crippen LogP contribution in [-0.4, -0.2) is 64.3 Å². The number of hydrogen-bond donors (Lipinski definition) is 1. The number of aromatic nitrogens is 2. The number of aliphatic hydroxyl groups is 1. The normalized spacial score (nSPS) is 22.6. The van der Waals surface area contributed by atoms with Crippen molar-refractivity contribution in [3.8, 4) is 0 Å². The van der Waals surface area contributed by atoms with Crippen LogP contribution < -0.4 is 4.90 Å². The molecule has 7 nitrogen and oxygen atoms in total.